The van der Waals surface area contributed by atoms with Crippen LogP contribution in [0.25, 0.3) is 0 Å². The molecule has 0 bridgehead atoms. The third-order valence-electron chi connectivity index (χ3n) is 3.86. The number of hydrogen-bond donors (Lipinski definition) is 1. The van der Waals surface area contributed by atoms with Gasteiger partial charge in [0.2, 0.25) is 0 Å². The molecule has 9 heteroatoms. The van der Waals surface area contributed by atoms with Crippen LogP contribution in [-0.4, -0.2) is 55.6 Å². The first-order valence-electron chi connectivity index (χ1n) is 10.1. The molecule has 0 unspecified atom stereocenters. The molecule has 0 aliphatic carbocycles. The number of ether oxygens (including phenoxy) is 4. The van der Waals surface area contributed by atoms with Crippen LogP contribution < -0.4 is 5.32 Å². The van der Waals surface area contributed by atoms with E-state index < -0.39 is 29.2 Å². The predicted molar refractivity (Wildman–Crippen MR) is 113 cm³/mol. The van der Waals surface area contributed by atoms with Gasteiger partial charge in [0.1, 0.15) is 5.60 Å². The Balaban J connectivity index is 2.82. The second-order valence-electron chi connectivity index (χ2n) is 7.48. The van der Waals surface area contributed by atoms with Crippen LogP contribution >= 0.6 is 11.3 Å². The van der Waals surface area contributed by atoms with Gasteiger partial charge >= 0.3 is 18.0 Å². The monoisotopic (exact) mass is 443 g/mol. The van der Waals surface area contributed by atoms with Crippen molar-refractivity contribution in [2.24, 2.45) is 0 Å². The Bertz CT molecular complexity index is 649. The Morgan fingerprint density at radius 2 is 1.70 bits per heavy atom. The number of amides is 1. The van der Waals surface area contributed by atoms with Gasteiger partial charge in [-0.2, -0.15) is 0 Å². The molecule has 8 nitrogen and oxygen atoms in total. The van der Waals surface area contributed by atoms with E-state index in [2.05, 4.69) is 5.32 Å². The van der Waals surface area contributed by atoms with E-state index in [1.807, 2.05) is 17.5 Å². The number of carbonyl (C=O) groups is 3. The first kappa shape index (κ1) is 25.9. The SMILES string of the molecule is CCOC(=O)C(CCCNC(=O)OC(C)(C)C)(OCCc1cccs1)C(=O)OCC. The lowest BCUT2D eigenvalue weighted by atomic mass is 9.97. The summed E-state index contributed by atoms with van der Waals surface area (Å²) < 4.78 is 21.3. The average Bonchev–Trinajstić information content (AvgIpc) is 3.16. The van der Waals surface area contributed by atoms with Crippen LogP contribution in [0.1, 0.15) is 52.3 Å². The summed E-state index contributed by atoms with van der Waals surface area (Å²) in [6, 6.07) is 3.88. The van der Waals surface area contributed by atoms with E-state index in [-0.39, 0.29) is 39.2 Å². The highest BCUT2D eigenvalue weighted by atomic mass is 32.1. The molecule has 0 atom stereocenters. The third-order valence-corrected chi connectivity index (χ3v) is 4.80. The minimum atomic E-state index is -1.88. The van der Waals surface area contributed by atoms with Crippen LogP contribution in [0.15, 0.2) is 17.5 Å². The molecule has 1 N–H and O–H groups in total. The molecule has 0 radical (unpaired) electrons. The fraction of sp³-hybridized carbons (Fsp3) is 0.667. The van der Waals surface area contributed by atoms with Gasteiger partial charge in [0, 0.05) is 24.3 Å². The summed E-state index contributed by atoms with van der Waals surface area (Å²) in [6.45, 7) is 9.16. The Labute approximate surface area is 182 Å². The molecule has 1 heterocycles. The number of esters is 2. The highest BCUT2D eigenvalue weighted by Crippen LogP contribution is 2.24. The van der Waals surface area contributed by atoms with Gasteiger partial charge in [-0.25, -0.2) is 14.4 Å². The summed E-state index contributed by atoms with van der Waals surface area (Å²) in [5, 5.41) is 4.56. The normalized spacial score (nSPS) is 11.6. The molecule has 1 amide bonds. The van der Waals surface area contributed by atoms with Crippen molar-refractivity contribution in [1.29, 1.82) is 0 Å². The van der Waals surface area contributed by atoms with Crippen LogP contribution in [0.5, 0.6) is 0 Å². The molecule has 0 aliphatic heterocycles. The maximum atomic E-state index is 12.7. The van der Waals surface area contributed by atoms with Gasteiger partial charge in [0.25, 0.3) is 5.60 Å². The number of nitrogens with one attached hydrogen (secondary N) is 1. The molecule has 0 saturated heterocycles. The fourth-order valence-corrected chi connectivity index (χ4v) is 3.29. The van der Waals surface area contributed by atoms with Crippen molar-refractivity contribution < 1.29 is 33.3 Å². The number of hydrogen-bond acceptors (Lipinski definition) is 8. The Morgan fingerprint density at radius 1 is 1.07 bits per heavy atom. The zero-order valence-electron chi connectivity index (χ0n) is 18.4. The lowest BCUT2D eigenvalue weighted by molar-refractivity contribution is -0.192. The second kappa shape index (κ2) is 12.5. The molecule has 1 aromatic rings. The molecule has 0 saturated carbocycles. The van der Waals surface area contributed by atoms with E-state index in [1.54, 1.807) is 46.0 Å². The number of alkyl carbamates (subject to hydrolysis) is 1. The van der Waals surface area contributed by atoms with Gasteiger partial charge in [-0.1, -0.05) is 6.07 Å². The van der Waals surface area contributed by atoms with E-state index in [4.69, 9.17) is 18.9 Å². The third kappa shape index (κ3) is 8.71. The topological polar surface area (TPSA) is 100 Å². The summed E-state index contributed by atoms with van der Waals surface area (Å²) >= 11 is 1.57. The van der Waals surface area contributed by atoms with Gasteiger partial charge in [-0.15, -0.1) is 11.3 Å². The quantitative estimate of drug-likeness (QED) is 0.228. The molecule has 30 heavy (non-hydrogen) atoms. The summed E-state index contributed by atoms with van der Waals surface area (Å²) in [6.07, 6.45) is 0.272. The van der Waals surface area contributed by atoms with Crippen molar-refractivity contribution in [3.05, 3.63) is 22.4 Å². The minimum absolute atomic E-state index is 0.00487. The Kier molecular flexibility index (Phi) is 10.8. The van der Waals surface area contributed by atoms with Crippen LogP contribution in [0.2, 0.25) is 0 Å². The van der Waals surface area contributed by atoms with E-state index in [9.17, 15) is 14.4 Å². The van der Waals surface area contributed by atoms with Crippen molar-refractivity contribution in [1.82, 2.24) is 5.32 Å². The van der Waals surface area contributed by atoms with Crippen molar-refractivity contribution in [3.63, 3.8) is 0 Å². The molecule has 170 valence electrons. The van der Waals surface area contributed by atoms with Crippen molar-refractivity contribution in [2.75, 3.05) is 26.4 Å². The zero-order valence-corrected chi connectivity index (χ0v) is 19.3. The van der Waals surface area contributed by atoms with Crippen LogP contribution in [-0.2, 0) is 35.0 Å². The molecule has 0 fully saturated rings. The Hall–Kier alpha value is -2.13. The smallest absolute Gasteiger partial charge is 0.407 e. The van der Waals surface area contributed by atoms with E-state index in [0.29, 0.717) is 6.42 Å². The summed E-state index contributed by atoms with van der Waals surface area (Å²) in [4.78, 5) is 38.3. The summed E-state index contributed by atoms with van der Waals surface area (Å²) in [5.41, 5.74) is -2.49. The molecular weight excluding hydrogens is 410 g/mol. The molecule has 0 spiro atoms. The maximum absolute atomic E-state index is 12.7. The van der Waals surface area contributed by atoms with Gasteiger partial charge < -0.3 is 24.3 Å². The fourth-order valence-electron chi connectivity index (χ4n) is 2.60. The van der Waals surface area contributed by atoms with Crippen LogP contribution in [0.4, 0.5) is 4.79 Å². The van der Waals surface area contributed by atoms with Crippen molar-refractivity contribution >= 4 is 29.4 Å². The molecule has 1 rings (SSSR count). The van der Waals surface area contributed by atoms with Gasteiger partial charge in [-0.05, 0) is 52.5 Å². The van der Waals surface area contributed by atoms with Gasteiger partial charge in [0.05, 0.1) is 19.8 Å². The molecule has 1 aromatic heterocycles. The highest BCUT2D eigenvalue weighted by Gasteiger charge is 2.50. The largest absolute Gasteiger partial charge is 0.463 e. The predicted octanol–water partition coefficient (Wildman–Crippen LogP) is 3.48. The Morgan fingerprint density at radius 3 is 2.20 bits per heavy atom. The van der Waals surface area contributed by atoms with Gasteiger partial charge in [-0.3, -0.25) is 0 Å². The maximum Gasteiger partial charge on any atom is 0.407 e. The number of carbonyl (C=O) groups excluding carboxylic acids is 3. The van der Waals surface area contributed by atoms with Crippen LogP contribution in [0, 0.1) is 0 Å². The molecular formula is C21H33NO7S. The lowest BCUT2D eigenvalue weighted by Crippen LogP contribution is -2.52. The highest BCUT2D eigenvalue weighted by molar-refractivity contribution is 7.09. The zero-order chi connectivity index (χ0) is 22.6. The average molecular weight is 444 g/mol. The van der Waals surface area contributed by atoms with Crippen molar-refractivity contribution in [3.8, 4) is 0 Å². The number of thiophene rings is 1. The lowest BCUT2D eigenvalue weighted by Gasteiger charge is -2.29. The number of rotatable bonds is 12. The molecule has 0 aromatic carbocycles. The first-order valence-corrected chi connectivity index (χ1v) is 11.0. The summed E-state index contributed by atoms with van der Waals surface area (Å²) in [5.74, 6) is -1.57. The van der Waals surface area contributed by atoms with Crippen molar-refractivity contribution in [2.45, 2.75) is 65.1 Å². The standard InChI is InChI=1S/C21H33NO7S/c1-6-26-17(23)21(18(24)27-7-2,28-14-11-16-10-8-15-30-16)12-9-13-22-19(25)29-20(3,4)5/h8,10,15H,6-7,9,11-14H2,1-5H3,(H,22,25). The van der Waals surface area contributed by atoms with Gasteiger partial charge in [0.15, 0.2) is 0 Å². The van der Waals surface area contributed by atoms with E-state index in [0.717, 1.165) is 4.88 Å². The molecule has 0 aliphatic rings. The van der Waals surface area contributed by atoms with E-state index in [1.165, 1.54) is 0 Å². The summed E-state index contributed by atoms with van der Waals surface area (Å²) in [7, 11) is 0. The minimum Gasteiger partial charge on any atom is -0.463 e. The van der Waals surface area contributed by atoms with Crippen LogP contribution in [0.3, 0.4) is 0 Å². The second-order valence-corrected chi connectivity index (χ2v) is 8.51. The first-order chi connectivity index (χ1) is 14.1. The van der Waals surface area contributed by atoms with E-state index >= 15 is 0 Å².